The summed E-state index contributed by atoms with van der Waals surface area (Å²) >= 11 is 6.12. The number of hydrogen-bond acceptors (Lipinski definition) is 6. The number of carbonyl (C=O) groups excluding carboxylic acids is 1. The largest absolute Gasteiger partial charge is 0.405 e. The van der Waals surface area contributed by atoms with Crippen LogP contribution in [-0.4, -0.2) is 31.7 Å². The summed E-state index contributed by atoms with van der Waals surface area (Å²) < 4.78 is 64.1. The van der Waals surface area contributed by atoms with E-state index in [1.807, 2.05) is 0 Å². The lowest BCUT2D eigenvalue weighted by Crippen LogP contribution is -2.34. The Morgan fingerprint density at radius 2 is 1.69 bits per heavy atom. The maximum atomic E-state index is 12.9. The first-order chi connectivity index (χ1) is 16.7. The van der Waals surface area contributed by atoms with Crippen molar-refractivity contribution in [2.45, 2.75) is 6.18 Å². The number of alkyl halides is 3. The van der Waals surface area contributed by atoms with Gasteiger partial charge in [-0.05, 0) is 53.9 Å². The Hall–Kier alpha value is -3.42. The minimum atomic E-state index is -4.37. The molecule has 190 valence electrons. The zero-order valence-corrected chi connectivity index (χ0v) is 20.6. The number of carbonyl (C=O) groups is 1. The van der Waals surface area contributed by atoms with E-state index in [0.717, 1.165) is 0 Å². The van der Waals surface area contributed by atoms with Gasteiger partial charge in [-0.25, -0.2) is 17.9 Å². The fraction of sp³-hybridized carbons (Fsp3) is 0.0909. The molecule has 0 saturated heterocycles. The highest BCUT2D eigenvalue weighted by Gasteiger charge is 2.26. The van der Waals surface area contributed by atoms with Crippen LogP contribution in [0.5, 0.6) is 0 Å². The standard InChI is InChI=1S/C22H18ClF3N4O4S2/c1-13(23)35-14(2)36(33,34)29-21(32)28-16-3-6-18(7-4-16)30-10-9-15-11-17(27-12-22(24,25)26)5-8-19(15)20(30)31/h3-11,27H,1-2,12H2,(H2,28,29,32). The number of urea groups is 1. The predicted molar refractivity (Wildman–Crippen MR) is 137 cm³/mol. The highest BCUT2D eigenvalue weighted by Crippen LogP contribution is 2.28. The van der Waals surface area contributed by atoms with Crippen LogP contribution >= 0.6 is 23.4 Å². The molecule has 0 aliphatic carbocycles. The van der Waals surface area contributed by atoms with Crippen molar-refractivity contribution in [2.24, 2.45) is 0 Å². The first-order valence-electron chi connectivity index (χ1n) is 9.87. The van der Waals surface area contributed by atoms with Crippen LogP contribution in [0.1, 0.15) is 0 Å². The molecule has 36 heavy (non-hydrogen) atoms. The topological polar surface area (TPSA) is 109 Å². The van der Waals surface area contributed by atoms with E-state index in [9.17, 15) is 31.2 Å². The number of fused-ring (bicyclic) bond motifs is 1. The van der Waals surface area contributed by atoms with Gasteiger partial charge in [0.25, 0.3) is 15.6 Å². The summed E-state index contributed by atoms with van der Waals surface area (Å²) in [5.74, 6) is 0. The first-order valence-corrected chi connectivity index (χ1v) is 12.5. The summed E-state index contributed by atoms with van der Waals surface area (Å²) in [5.41, 5.74) is 0.490. The molecule has 0 aliphatic heterocycles. The van der Waals surface area contributed by atoms with Gasteiger partial charge in [0.1, 0.15) is 10.8 Å². The van der Waals surface area contributed by atoms with Crippen molar-refractivity contribution in [2.75, 3.05) is 17.2 Å². The summed E-state index contributed by atoms with van der Waals surface area (Å²) in [6, 6.07) is 10.7. The van der Waals surface area contributed by atoms with Gasteiger partial charge in [-0.2, -0.15) is 13.2 Å². The number of aromatic nitrogens is 1. The number of nitrogens with zero attached hydrogens (tertiary/aromatic N) is 1. The molecule has 0 atom stereocenters. The van der Waals surface area contributed by atoms with Crippen molar-refractivity contribution >= 4 is 61.6 Å². The normalized spacial score (nSPS) is 11.7. The molecular weight excluding hydrogens is 541 g/mol. The molecule has 0 unspecified atom stereocenters. The molecule has 3 aromatic rings. The van der Waals surface area contributed by atoms with Gasteiger partial charge >= 0.3 is 12.2 Å². The molecule has 0 aliphatic rings. The number of benzene rings is 2. The smallest absolute Gasteiger partial charge is 0.376 e. The Kier molecular flexibility index (Phi) is 8.06. The van der Waals surface area contributed by atoms with E-state index in [0.29, 0.717) is 28.2 Å². The van der Waals surface area contributed by atoms with Crippen molar-refractivity contribution < 1.29 is 26.4 Å². The van der Waals surface area contributed by atoms with Gasteiger partial charge in [-0.3, -0.25) is 9.36 Å². The second-order valence-electron chi connectivity index (χ2n) is 7.20. The van der Waals surface area contributed by atoms with Gasteiger partial charge in [0.2, 0.25) is 0 Å². The number of amides is 2. The first kappa shape index (κ1) is 27.2. The van der Waals surface area contributed by atoms with Crippen molar-refractivity contribution in [1.82, 2.24) is 9.29 Å². The van der Waals surface area contributed by atoms with E-state index in [-0.39, 0.29) is 15.7 Å². The Labute approximate surface area is 212 Å². The van der Waals surface area contributed by atoms with E-state index < -0.39 is 38.6 Å². The number of rotatable bonds is 8. The minimum absolute atomic E-state index is 0.0381. The average molecular weight is 559 g/mol. The van der Waals surface area contributed by atoms with Gasteiger partial charge in [0, 0.05) is 28.6 Å². The molecule has 2 aromatic carbocycles. The Bertz CT molecular complexity index is 1500. The predicted octanol–water partition coefficient (Wildman–Crippen LogP) is 5.33. The Balaban J connectivity index is 1.74. The molecule has 14 heteroatoms. The third-order valence-corrected chi connectivity index (χ3v) is 7.19. The molecule has 2 amide bonds. The molecule has 0 radical (unpaired) electrons. The van der Waals surface area contributed by atoms with Crippen LogP contribution in [0.15, 0.2) is 81.3 Å². The monoisotopic (exact) mass is 558 g/mol. The fourth-order valence-electron chi connectivity index (χ4n) is 2.98. The van der Waals surface area contributed by atoms with Crippen molar-refractivity contribution in [3.8, 4) is 5.69 Å². The van der Waals surface area contributed by atoms with E-state index in [1.54, 1.807) is 10.8 Å². The van der Waals surface area contributed by atoms with Crippen LogP contribution in [0.25, 0.3) is 16.5 Å². The van der Waals surface area contributed by atoms with Crippen LogP contribution in [-0.2, 0) is 10.0 Å². The summed E-state index contributed by atoms with van der Waals surface area (Å²) in [6.07, 6.45) is -2.91. The summed E-state index contributed by atoms with van der Waals surface area (Å²) in [7, 11) is -4.21. The van der Waals surface area contributed by atoms with Crippen LogP contribution in [0.3, 0.4) is 0 Å². The van der Waals surface area contributed by atoms with Crippen molar-refractivity contribution in [3.05, 3.63) is 86.8 Å². The molecule has 1 heterocycles. The fourth-order valence-corrected chi connectivity index (χ4v) is 4.92. The van der Waals surface area contributed by atoms with E-state index in [1.165, 1.54) is 53.2 Å². The van der Waals surface area contributed by atoms with Crippen LogP contribution in [0, 0.1) is 0 Å². The number of sulfonamides is 1. The molecular formula is C22H18ClF3N4O4S2. The number of hydrogen-bond donors (Lipinski definition) is 3. The van der Waals surface area contributed by atoms with Gasteiger partial charge in [-0.15, -0.1) is 0 Å². The van der Waals surface area contributed by atoms with Crippen LogP contribution in [0.4, 0.5) is 29.3 Å². The molecule has 0 fully saturated rings. The second kappa shape index (κ2) is 10.7. The molecule has 0 spiro atoms. The second-order valence-corrected chi connectivity index (χ2v) is 11.0. The van der Waals surface area contributed by atoms with Gasteiger partial charge in [0.05, 0.1) is 4.36 Å². The van der Waals surface area contributed by atoms with Gasteiger partial charge < -0.3 is 10.6 Å². The third-order valence-electron chi connectivity index (χ3n) is 4.55. The Morgan fingerprint density at radius 1 is 1.06 bits per heavy atom. The van der Waals surface area contributed by atoms with Crippen molar-refractivity contribution in [1.29, 1.82) is 0 Å². The molecule has 1 aromatic heterocycles. The van der Waals surface area contributed by atoms with E-state index >= 15 is 0 Å². The van der Waals surface area contributed by atoms with Gasteiger partial charge in [-0.1, -0.05) is 36.5 Å². The summed E-state index contributed by atoms with van der Waals surface area (Å²) in [6.45, 7) is 5.48. The average Bonchev–Trinajstić information content (AvgIpc) is 2.77. The molecule has 8 nitrogen and oxygen atoms in total. The molecule has 0 bridgehead atoms. The molecule has 0 saturated carbocycles. The maximum absolute atomic E-state index is 12.9. The summed E-state index contributed by atoms with van der Waals surface area (Å²) in [5, 5.41) is 5.36. The molecule has 3 rings (SSSR count). The minimum Gasteiger partial charge on any atom is -0.376 e. The SMILES string of the molecule is C=C(Cl)SC(=C)S(=O)(=O)NC(=O)Nc1ccc(-n2ccc3cc(NCC(F)(F)F)ccc3c2=O)cc1. The van der Waals surface area contributed by atoms with Gasteiger partial charge in [0.15, 0.2) is 0 Å². The highest BCUT2D eigenvalue weighted by atomic mass is 35.5. The quantitative estimate of drug-likeness (QED) is 0.345. The lowest BCUT2D eigenvalue weighted by molar-refractivity contribution is -0.115. The molecule has 3 N–H and O–H groups in total. The number of pyridine rings is 1. The number of nitrogens with one attached hydrogen (secondary N) is 3. The summed E-state index contributed by atoms with van der Waals surface area (Å²) in [4.78, 5) is 25.0. The van der Waals surface area contributed by atoms with Crippen LogP contribution < -0.4 is 20.9 Å². The number of anilines is 2. The highest BCUT2D eigenvalue weighted by molar-refractivity contribution is 8.21. The number of halogens is 4. The maximum Gasteiger partial charge on any atom is 0.405 e. The van der Waals surface area contributed by atoms with Crippen molar-refractivity contribution in [3.63, 3.8) is 0 Å². The number of thioether (sulfide) groups is 1. The Morgan fingerprint density at radius 3 is 2.31 bits per heavy atom. The lowest BCUT2D eigenvalue weighted by Gasteiger charge is -2.12. The van der Waals surface area contributed by atoms with E-state index in [2.05, 4.69) is 23.8 Å². The van der Waals surface area contributed by atoms with Crippen LogP contribution in [0.2, 0.25) is 0 Å². The zero-order chi connectivity index (χ0) is 26.7. The van der Waals surface area contributed by atoms with E-state index in [4.69, 9.17) is 11.6 Å². The zero-order valence-electron chi connectivity index (χ0n) is 18.2. The third kappa shape index (κ3) is 7.06. The lowest BCUT2D eigenvalue weighted by atomic mass is 10.1.